The van der Waals surface area contributed by atoms with E-state index in [1.807, 2.05) is 23.6 Å². The maximum Gasteiger partial charge on any atom is 0.0276 e. The summed E-state index contributed by atoms with van der Waals surface area (Å²) >= 11 is 1.68. The molecule has 9 heavy (non-hydrogen) atoms. The Kier molecular flexibility index (Phi) is 2.12. The minimum atomic E-state index is 1.20. The molecule has 44 valence electrons. The Morgan fingerprint density at radius 3 is 3.11 bits per heavy atom. The Hall–Kier alpha value is -1.00. The van der Waals surface area contributed by atoms with Gasteiger partial charge in [0.25, 0.3) is 0 Å². The van der Waals surface area contributed by atoms with E-state index in [-0.39, 0.29) is 0 Å². The number of thiophene rings is 1. The number of rotatable bonds is 1. The van der Waals surface area contributed by atoms with Gasteiger partial charge < -0.3 is 0 Å². The molecule has 0 aliphatic heterocycles. The number of hydrogen-bond acceptors (Lipinski definition) is 1. The van der Waals surface area contributed by atoms with Crippen LogP contribution in [-0.4, -0.2) is 0 Å². The molecule has 1 rings (SSSR count). The molecule has 1 aromatic rings. The molecular weight excluding hydrogens is 128 g/mol. The topological polar surface area (TPSA) is 0 Å². The lowest BCUT2D eigenvalue weighted by molar-refractivity contribution is 1.95. The molecule has 0 radical (unpaired) electrons. The lowest BCUT2D eigenvalue weighted by atomic mass is 10.4. The molecule has 0 amide bonds. The minimum Gasteiger partial charge on any atom is -0.144 e. The molecule has 0 atom stereocenters. The van der Waals surface area contributed by atoms with E-state index in [0.29, 0.717) is 0 Å². The molecular formula is C8H6S. The number of terminal acetylenes is 1. The van der Waals surface area contributed by atoms with E-state index in [1.165, 1.54) is 4.88 Å². The fourth-order valence-electron chi connectivity index (χ4n) is 0.516. The van der Waals surface area contributed by atoms with Crippen LogP contribution in [0.5, 0.6) is 0 Å². The zero-order valence-corrected chi connectivity index (χ0v) is 5.69. The molecule has 0 unspecified atom stereocenters. The van der Waals surface area contributed by atoms with Gasteiger partial charge in [-0.15, -0.1) is 17.8 Å². The molecule has 1 heteroatoms. The Labute approximate surface area is 58.8 Å². The van der Waals surface area contributed by atoms with E-state index < -0.39 is 0 Å². The van der Waals surface area contributed by atoms with Gasteiger partial charge in [0.15, 0.2) is 0 Å². The standard InChI is InChI=1S/C8H6S/c1-2-3-5-8-6-4-7-9-8/h1,3-7H/b5-3-. The number of hydrogen-bond donors (Lipinski definition) is 0. The molecule has 0 N–H and O–H groups in total. The summed E-state index contributed by atoms with van der Waals surface area (Å²) in [6, 6.07) is 4.03. The predicted octanol–water partition coefficient (Wildman–Crippen LogP) is 2.39. The summed E-state index contributed by atoms with van der Waals surface area (Å²) in [5.41, 5.74) is 0. The van der Waals surface area contributed by atoms with Crippen molar-refractivity contribution >= 4 is 17.4 Å². The van der Waals surface area contributed by atoms with Crippen LogP contribution in [0.15, 0.2) is 23.6 Å². The maximum atomic E-state index is 5.01. The average molecular weight is 134 g/mol. The molecule has 0 aromatic carbocycles. The first-order valence-electron chi connectivity index (χ1n) is 2.59. The Morgan fingerprint density at radius 1 is 1.67 bits per heavy atom. The fraction of sp³-hybridized carbons (Fsp3) is 0. The maximum absolute atomic E-state index is 5.01. The van der Waals surface area contributed by atoms with Crippen molar-refractivity contribution < 1.29 is 0 Å². The van der Waals surface area contributed by atoms with Gasteiger partial charge in [-0.25, -0.2) is 0 Å². The second-order valence-corrected chi connectivity index (χ2v) is 2.49. The van der Waals surface area contributed by atoms with E-state index in [2.05, 4.69) is 5.92 Å². The molecule has 0 bridgehead atoms. The van der Waals surface area contributed by atoms with Crippen molar-refractivity contribution in [3.05, 3.63) is 28.5 Å². The van der Waals surface area contributed by atoms with Gasteiger partial charge in [-0.1, -0.05) is 12.0 Å². The van der Waals surface area contributed by atoms with Gasteiger partial charge >= 0.3 is 0 Å². The second kappa shape index (κ2) is 3.11. The van der Waals surface area contributed by atoms with E-state index in [0.717, 1.165) is 0 Å². The van der Waals surface area contributed by atoms with Gasteiger partial charge in [0.05, 0.1) is 0 Å². The van der Waals surface area contributed by atoms with E-state index >= 15 is 0 Å². The highest BCUT2D eigenvalue weighted by Crippen LogP contribution is 2.09. The average Bonchev–Trinajstić information content (AvgIpc) is 2.34. The lowest BCUT2D eigenvalue weighted by Gasteiger charge is -1.74. The third-order valence-electron chi connectivity index (χ3n) is 0.887. The molecule has 0 spiro atoms. The normalized spacial score (nSPS) is 9.67. The van der Waals surface area contributed by atoms with Crippen molar-refractivity contribution in [2.45, 2.75) is 0 Å². The Bertz CT molecular complexity index is 224. The summed E-state index contributed by atoms with van der Waals surface area (Å²) in [7, 11) is 0. The Morgan fingerprint density at radius 2 is 2.56 bits per heavy atom. The Balaban J connectivity index is 2.71. The van der Waals surface area contributed by atoms with Crippen molar-refractivity contribution in [1.82, 2.24) is 0 Å². The molecule has 0 fully saturated rings. The summed E-state index contributed by atoms with van der Waals surface area (Å²) < 4.78 is 0. The largest absolute Gasteiger partial charge is 0.144 e. The molecule has 0 saturated heterocycles. The van der Waals surface area contributed by atoms with Crippen LogP contribution >= 0.6 is 11.3 Å². The molecule has 0 aliphatic carbocycles. The SMILES string of the molecule is C#C/C=C\c1cccs1. The first kappa shape index (κ1) is 6.12. The third-order valence-corrected chi connectivity index (χ3v) is 1.72. The first-order chi connectivity index (χ1) is 4.43. The summed E-state index contributed by atoms with van der Waals surface area (Å²) in [4.78, 5) is 1.20. The van der Waals surface area contributed by atoms with Crippen LogP contribution in [0.2, 0.25) is 0 Å². The van der Waals surface area contributed by atoms with Crippen LogP contribution in [-0.2, 0) is 0 Å². The van der Waals surface area contributed by atoms with Crippen molar-refractivity contribution in [3.63, 3.8) is 0 Å². The van der Waals surface area contributed by atoms with E-state index in [4.69, 9.17) is 6.42 Å². The van der Waals surface area contributed by atoms with Crippen molar-refractivity contribution in [3.8, 4) is 12.3 Å². The van der Waals surface area contributed by atoms with Crippen LogP contribution in [0.4, 0.5) is 0 Å². The van der Waals surface area contributed by atoms with Gasteiger partial charge in [-0.2, -0.15) is 0 Å². The summed E-state index contributed by atoms with van der Waals surface area (Å²) in [6.45, 7) is 0. The van der Waals surface area contributed by atoms with Crippen molar-refractivity contribution in [2.75, 3.05) is 0 Å². The monoisotopic (exact) mass is 134 g/mol. The first-order valence-corrected chi connectivity index (χ1v) is 3.47. The zero-order valence-electron chi connectivity index (χ0n) is 4.87. The second-order valence-electron chi connectivity index (χ2n) is 1.52. The molecule has 1 heterocycles. The summed E-state index contributed by atoms with van der Waals surface area (Å²) in [5, 5.41) is 2.02. The van der Waals surface area contributed by atoms with Gasteiger partial charge in [0.2, 0.25) is 0 Å². The van der Waals surface area contributed by atoms with Crippen LogP contribution in [0.25, 0.3) is 6.08 Å². The molecule has 0 aliphatic rings. The van der Waals surface area contributed by atoms with Gasteiger partial charge in [0, 0.05) is 4.88 Å². The fourth-order valence-corrected chi connectivity index (χ4v) is 1.13. The quantitative estimate of drug-likeness (QED) is 0.517. The molecule has 1 aromatic heterocycles. The zero-order chi connectivity index (χ0) is 6.53. The van der Waals surface area contributed by atoms with Crippen molar-refractivity contribution in [1.29, 1.82) is 0 Å². The summed E-state index contributed by atoms with van der Waals surface area (Å²) in [6.07, 6.45) is 8.63. The van der Waals surface area contributed by atoms with Crippen molar-refractivity contribution in [2.24, 2.45) is 0 Å². The van der Waals surface area contributed by atoms with Crippen LogP contribution in [0.1, 0.15) is 4.88 Å². The highest BCUT2D eigenvalue weighted by atomic mass is 32.1. The minimum absolute atomic E-state index is 1.20. The molecule has 0 saturated carbocycles. The third kappa shape index (κ3) is 1.75. The molecule has 0 nitrogen and oxygen atoms in total. The highest BCUT2D eigenvalue weighted by Gasteiger charge is 1.81. The number of allylic oxidation sites excluding steroid dienone is 1. The van der Waals surface area contributed by atoms with Gasteiger partial charge in [-0.3, -0.25) is 0 Å². The van der Waals surface area contributed by atoms with Gasteiger partial charge in [-0.05, 0) is 23.6 Å². The summed E-state index contributed by atoms with van der Waals surface area (Å²) in [5.74, 6) is 2.43. The van der Waals surface area contributed by atoms with E-state index in [9.17, 15) is 0 Å². The van der Waals surface area contributed by atoms with Gasteiger partial charge in [0.1, 0.15) is 0 Å². The highest BCUT2D eigenvalue weighted by molar-refractivity contribution is 7.10. The lowest BCUT2D eigenvalue weighted by Crippen LogP contribution is -1.52. The predicted molar refractivity (Wildman–Crippen MR) is 42.2 cm³/mol. The van der Waals surface area contributed by atoms with Crippen LogP contribution in [0.3, 0.4) is 0 Å². The van der Waals surface area contributed by atoms with Crippen LogP contribution < -0.4 is 0 Å². The van der Waals surface area contributed by atoms with E-state index in [1.54, 1.807) is 17.4 Å². The smallest absolute Gasteiger partial charge is 0.0276 e. The van der Waals surface area contributed by atoms with Crippen LogP contribution in [0, 0.1) is 12.3 Å².